The van der Waals surface area contributed by atoms with Crippen LogP contribution in [-0.2, 0) is 11.2 Å². The summed E-state index contributed by atoms with van der Waals surface area (Å²) in [5.41, 5.74) is 7.83. The molecule has 2 aromatic rings. The van der Waals surface area contributed by atoms with Crippen molar-refractivity contribution in [3.05, 3.63) is 40.2 Å². The number of nitrogens with zero attached hydrogens (tertiary/aromatic N) is 1. The number of thiazole rings is 1. The Kier molecular flexibility index (Phi) is 6.10. The molecule has 118 valence electrons. The highest BCUT2D eigenvalue weighted by atomic mass is 32.1. The predicted octanol–water partition coefficient (Wildman–Crippen LogP) is 2.90. The summed E-state index contributed by atoms with van der Waals surface area (Å²) in [5, 5.41) is 3.99. The molecule has 0 fully saturated rings. The number of amides is 1. The van der Waals surface area contributed by atoms with Crippen LogP contribution in [-0.4, -0.2) is 23.5 Å². The van der Waals surface area contributed by atoms with Crippen LogP contribution in [0, 0.1) is 6.92 Å². The molecule has 0 aliphatic heterocycles. The maximum atomic E-state index is 11.6. The Bertz CT molecular complexity index is 608. The number of benzene rings is 1. The Balaban J connectivity index is 1.86. The largest absolute Gasteiger partial charge is 0.356 e. The molecule has 4 nitrogen and oxygen atoms in total. The van der Waals surface area contributed by atoms with E-state index in [0.29, 0.717) is 13.0 Å². The lowest BCUT2D eigenvalue weighted by Crippen LogP contribution is -2.27. The monoisotopic (exact) mass is 317 g/mol. The van der Waals surface area contributed by atoms with Gasteiger partial charge in [0.15, 0.2) is 0 Å². The van der Waals surface area contributed by atoms with E-state index in [2.05, 4.69) is 24.4 Å². The third kappa shape index (κ3) is 4.93. The van der Waals surface area contributed by atoms with Gasteiger partial charge in [-0.3, -0.25) is 4.79 Å². The van der Waals surface area contributed by atoms with Gasteiger partial charge in [-0.05, 0) is 20.3 Å². The molecule has 0 radical (unpaired) electrons. The number of carbonyl (C=O) groups excluding carboxylic acids is 1. The maximum absolute atomic E-state index is 11.6. The fourth-order valence-corrected chi connectivity index (χ4v) is 3.13. The molecule has 1 atom stereocenters. The molecule has 22 heavy (non-hydrogen) atoms. The first-order chi connectivity index (χ1) is 10.6. The van der Waals surface area contributed by atoms with Gasteiger partial charge in [-0.1, -0.05) is 30.3 Å². The second kappa shape index (κ2) is 8.06. The van der Waals surface area contributed by atoms with Gasteiger partial charge in [0.05, 0.1) is 10.7 Å². The van der Waals surface area contributed by atoms with Crippen LogP contribution in [0.15, 0.2) is 30.3 Å². The van der Waals surface area contributed by atoms with Gasteiger partial charge in [-0.25, -0.2) is 4.98 Å². The molecule has 0 aliphatic carbocycles. The van der Waals surface area contributed by atoms with Crippen molar-refractivity contribution >= 4 is 17.2 Å². The minimum atomic E-state index is 0.0638. The van der Waals surface area contributed by atoms with Gasteiger partial charge in [-0.15, -0.1) is 11.3 Å². The molecule has 5 heteroatoms. The number of nitrogens with two attached hydrogens (primary N) is 1. The van der Waals surface area contributed by atoms with Crippen LogP contribution in [0.1, 0.15) is 29.7 Å². The second-order valence-electron chi connectivity index (χ2n) is 5.49. The van der Waals surface area contributed by atoms with E-state index >= 15 is 0 Å². The number of hydrogen-bond donors (Lipinski definition) is 2. The van der Waals surface area contributed by atoms with Crippen molar-refractivity contribution in [1.29, 1.82) is 0 Å². The van der Waals surface area contributed by atoms with E-state index in [1.54, 1.807) is 11.3 Å². The van der Waals surface area contributed by atoms with Gasteiger partial charge >= 0.3 is 0 Å². The van der Waals surface area contributed by atoms with Crippen LogP contribution in [0.4, 0.5) is 0 Å². The zero-order valence-corrected chi connectivity index (χ0v) is 14.0. The van der Waals surface area contributed by atoms with E-state index in [1.165, 1.54) is 4.88 Å². The predicted molar refractivity (Wildman–Crippen MR) is 91.9 cm³/mol. The van der Waals surface area contributed by atoms with Crippen molar-refractivity contribution in [3.63, 3.8) is 0 Å². The van der Waals surface area contributed by atoms with Crippen LogP contribution in [0.3, 0.4) is 0 Å². The Morgan fingerprint density at radius 3 is 2.77 bits per heavy atom. The third-order valence-electron chi connectivity index (χ3n) is 3.38. The number of rotatable bonds is 7. The lowest BCUT2D eigenvalue weighted by Gasteiger charge is -2.05. The van der Waals surface area contributed by atoms with Crippen molar-refractivity contribution in [3.8, 4) is 11.3 Å². The molecular formula is C17H23N3OS. The van der Waals surface area contributed by atoms with Gasteiger partial charge < -0.3 is 11.1 Å². The average molecular weight is 317 g/mol. The van der Waals surface area contributed by atoms with Gasteiger partial charge in [0.1, 0.15) is 0 Å². The fraction of sp³-hybridized carbons (Fsp3) is 0.412. The van der Waals surface area contributed by atoms with Crippen molar-refractivity contribution in [1.82, 2.24) is 10.3 Å². The molecule has 2 rings (SSSR count). The molecule has 1 aromatic heterocycles. The smallest absolute Gasteiger partial charge is 0.220 e. The molecule has 1 amide bonds. The molecule has 0 spiro atoms. The highest BCUT2D eigenvalue weighted by Crippen LogP contribution is 2.27. The Hall–Kier alpha value is -1.72. The van der Waals surface area contributed by atoms with Gasteiger partial charge in [-0.2, -0.15) is 0 Å². The number of aryl methyl sites for hydroxylation is 1. The lowest BCUT2D eigenvalue weighted by molar-refractivity contribution is -0.121. The van der Waals surface area contributed by atoms with Crippen LogP contribution in [0.25, 0.3) is 11.3 Å². The molecule has 1 aromatic carbocycles. The summed E-state index contributed by atoms with van der Waals surface area (Å²) in [6.45, 7) is 4.63. The maximum Gasteiger partial charge on any atom is 0.220 e. The van der Waals surface area contributed by atoms with Gasteiger partial charge in [0, 0.05) is 35.9 Å². The van der Waals surface area contributed by atoms with E-state index < -0.39 is 0 Å². The molecule has 0 aliphatic rings. The molecular weight excluding hydrogens is 294 g/mol. The summed E-state index contributed by atoms with van der Waals surface area (Å²) in [4.78, 5) is 17.6. The van der Waals surface area contributed by atoms with Crippen molar-refractivity contribution < 1.29 is 4.79 Å². The summed E-state index contributed by atoms with van der Waals surface area (Å²) >= 11 is 1.70. The zero-order valence-electron chi connectivity index (χ0n) is 13.1. The quantitative estimate of drug-likeness (QED) is 0.825. The molecule has 1 unspecified atom stereocenters. The van der Waals surface area contributed by atoms with E-state index in [4.69, 9.17) is 10.7 Å². The topological polar surface area (TPSA) is 68.0 Å². The number of aromatic nitrogens is 1. The summed E-state index contributed by atoms with van der Waals surface area (Å²) in [6.07, 6.45) is 1.98. The third-order valence-corrected chi connectivity index (χ3v) is 4.41. The highest BCUT2D eigenvalue weighted by Gasteiger charge is 2.10. The highest BCUT2D eigenvalue weighted by molar-refractivity contribution is 7.12. The summed E-state index contributed by atoms with van der Waals surface area (Å²) in [7, 11) is 0. The van der Waals surface area contributed by atoms with E-state index in [1.807, 2.05) is 25.1 Å². The van der Waals surface area contributed by atoms with Gasteiger partial charge in [0.2, 0.25) is 5.91 Å². The summed E-state index contributed by atoms with van der Waals surface area (Å²) in [5.74, 6) is 0.0638. The molecule has 3 N–H and O–H groups in total. The second-order valence-corrected chi connectivity index (χ2v) is 6.78. The Labute approximate surface area is 135 Å². The van der Waals surface area contributed by atoms with E-state index in [9.17, 15) is 4.79 Å². The van der Waals surface area contributed by atoms with Crippen LogP contribution in [0.5, 0.6) is 0 Å². The van der Waals surface area contributed by atoms with Crippen LogP contribution < -0.4 is 11.1 Å². The molecule has 0 saturated heterocycles. The van der Waals surface area contributed by atoms with E-state index in [0.717, 1.165) is 29.1 Å². The Morgan fingerprint density at radius 1 is 1.36 bits per heavy atom. The molecule has 1 heterocycles. The average Bonchev–Trinajstić information content (AvgIpc) is 2.87. The summed E-state index contributed by atoms with van der Waals surface area (Å²) in [6, 6.07) is 10.3. The summed E-state index contributed by atoms with van der Waals surface area (Å²) < 4.78 is 0. The first-order valence-electron chi connectivity index (χ1n) is 7.60. The van der Waals surface area contributed by atoms with Crippen molar-refractivity contribution in [2.24, 2.45) is 5.73 Å². The van der Waals surface area contributed by atoms with Crippen molar-refractivity contribution in [2.45, 2.75) is 39.2 Å². The number of hydrogen-bond acceptors (Lipinski definition) is 4. The first kappa shape index (κ1) is 16.6. The number of nitrogens with one attached hydrogen (secondary N) is 1. The van der Waals surface area contributed by atoms with Crippen molar-refractivity contribution in [2.75, 3.05) is 6.54 Å². The SMILES string of the molecule is Cc1sc(CCNC(=O)CCC(C)N)nc1-c1ccccc1. The van der Waals surface area contributed by atoms with Gasteiger partial charge in [0.25, 0.3) is 0 Å². The first-order valence-corrected chi connectivity index (χ1v) is 8.42. The molecule has 0 saturated carbocycles. The molecule has 0 bridgehead atoms. The van der Waals surface area contributed by atoms with E-state index in [-0.39, 0.29) is 11.9 Å². The van der Waals surface area contributed by atoms with Crippen LogP contribution in [0.2, 0.25) is 0 Å². The lowest BCUT2D eigenvalue weighted by atomic mass is 10.1. The normalized spacial score (nSPS) is 12.1. The minimum absolute atomic E-state index is 0.0638. The zero-order chi connectivity index (χ0) is 15.9. The standard InChI is InChI=1S/C17H23N3OS/c1-12(18)8-9-15(21)19-11-10-16-20-17(13(2)22-16)14-6-4-3-5-7-14/h3-7,12H,8-11,18H2,1-2H3,(H,19,21). The minimum Gasteiger partial charge on any atom is -0.356 e. The number of carbonyl (C=O) groups is 1. The van der Waals surface area contributed by atoms with Crippen LogP contribution >= 0.6 is 11.3 Å². The Morgan fingerprint density at radius 2 is 2.09 bits per heavy atom. The fourth-order valence-electron chi connectivity index (χ4n) is 2.18.